The van der Waals surface area contributed by atoms with Gasteiger partial charge in [0.25, 0.3) is 0 Å². The fourth-order valence-electron chi connectivity index (χ4n) is 0.984. The van der Waals surface area contributed by atoms with Gasteiger partial charge in [0.1, 0.15) is 0 Å². The topological polar surface area (TPSA) is 93.8 Å². The third-order valence-electron chi connectivity index (χ3n) is 2.61. The van der Waals surface area contributed by atoms with Gasteiger partial charge in [-0.3, -0.25) is 4.99 Å². The predicted octanol–water partition coefficient (Wildman–Crippen LogP) is 0.759. The minimum absolute atomic E-state index is 0. The highest BCUT2D eigenvalue weighted by Crippen LogP contribution is 2.14. The van der Waals surface area contributed by atoms with E-state index < -0.39 is 14.6 Å². The lowest BCUT2D eigenvalue weighted by Gasteiger charge is -2.20. The fraction of sp³-hybridized carbons (Fsp3) is 0.909. The fourth-order valence-corrected chi connectivity index (χ4v) is 1.28. The van der Waals surface area contributed by atoms with Gasteiger partial charge in [0.05, 0.1) is 11.3 Å². The van der Waals surface area contributed by atoms with Crippen molar-refractivity contribution in [2.75, 3.05) is 32.6 Å². The molecule has 0 rings (SSSR count). The Morgan fingerprint density at radius 3 is 2.47 bits per heavy atom. The largest absolute Gasteiger partial charge is 0.382 e. The minimum Gasteiger partial charge on any atom is -0.382 e. The van der Waals surface area contributed by atoms with E-state index in [1.54, 1.807) is 13.8 Å². The highest BCUT2D eigenvalue weighted by Gasteiger charge is 2.29. The van der Waals surface area contributed by atoms with Gasteiger partial charge < -0.3 is 15.8 Å². The third-order valence-corrected chi connectivity index (χ3v) is 4.75. The molecule has 0 aromatic rings. The van der Waals surface area contributed by atoms with Gasteiger partial charge in [-0.25, -0.2) is 8.42 Å². The number of sulfone groups is 1. The van der Waals surface area contributed by atoms with Gasteiger partial charge in [-0.2, -0.15) is 0 Å². The van der Waals surface area contributed by atoms with Crippen LogP contribution >= 0.6 is 24.0 Å². The first kappa shape index (κ1) is 21.2. The summed E-state index contributed by atoms with van der Waals surface area (Å²) in [5.41, 5.74) is 5.64. The molecule has 0 aromatic carbocycles. The lowest BCUT2D eigenvalue weighted by Crippen LogP contribution is -2.38. The van der Waals surface area contributed by atoms with Crippen molar-refractivity contribution in [2.24, 2.45) is 10.7 Å². The van der Waals surface area contributed by atoms with E-state index in [1.807, 2.05) is 6.92 Å². The van der Waals surface area contributed by atoms with Crippen molar-refractivity contribution in [3.8, 4) is 0 Å². The molecule has 116 valence electrons. The maximum atomic E-state index is 11.5. The van der Waals surface area contributed by atoms with Crippen LogP contribution < -0.4 is 11.1 Å². The summed E-state index contributed by atoms with van der Waals surface area (Å²) in [6.45, 7) is 7.39. The molecule has 0 fully saturated rings. The molecule has 0 heterocycles. The van der Waals surface area contributed by atoms with Crippen LogP contribution in [0.25, 0.3) is 0 Å². The van der Waals surface area contributed by atoms with E-state index in [0.717, 1.165) is 6.42 Å². The number of guanidine groups is 1. The standard InChI is InChI=1S/C11H25N3O3S.HI/c1-5-17-8-6-7-13-10(12)14-9-11(2,3)18(4,15)16;/h5-9H2,1-4H3,(H3,12,13,14);1H. The molecule has 0 aliphatic carbocycles. The van der Waals surface area contributed by atoms with Crippen LogP contribution in [0.3, 0.4) is 0 Å². The summed E-state index contributed by atoms with van der Waals surface area (Å²) in [5, 5.41) is 2.92. The molecule has 19 heavy (non-hydrogen) atoms. The number of nitrogens with zero attached hydrogens (tertiary/aromatic N) is 1. The van der Waals surface area contributed by atoms with Crippen molar-refractivity contribution in [1.82, 2.24) is 5.32 Å². The SMILES string of the molecule is CCOCCCNC(N)=NCC(C)(C)S(C)(=O)=O.I. The first-order chi connectivity index (χ1) is 8.20. The maximum absolute atomic E-state index is 11.5. The van der Waals surface area contributed by atoms with Crippen LogP contribution in [0.15, 0.2) is 4.99 Å². The number of nitrogens with two attached hydrogens (primary N) is 1. The summed E-state index contributed by atoms with van der Waals surface area (Å²) in [4.78, 5) is 4.04. The van der Waals surface area contributed by atoms with Gasteiger partial charge in [0, 0.05) is 26.0 Å². The second kappa shape index (κ2) is 9.76. The van der Waals surface area contributed by atoms with E-state index in [2.05, 4.69) is 10.3 Å². The summed E-state index contributed by atoms with van der Waals surface area (Å²) in [7, 11) is -3.14. The average molecular weight is 407 g/mol. The van der Waals surface area contributed by atoms with Gasteiger partial charge >= 0.3 is 0 Å². The van der Waals surface area contributed by atoms with Crippen LogP contribution in [0.5, 0.6) is 0 Å². The Morgan fingerprint density at radius 1 is 1.42 bits per heavy atom. The molecule has 0 aliphatic heterocycles. The van der Waals surface area contributed by atoms with Crippen LogP contribution in [0, 0.1) is 0 Å². The molecule has 0 aliphatic rings. The molecule has 0 atom stereocenters. The Balaban J connectivity index is 0. The Labute approximate surface area is 133 Å². The van der Waals surface area contributed by atoms with Crippen molar-refractivity contribution >= 4 is 39.8 Å². The quantitative estimate of drug-likeness (QED) is 0.268. The molecular formula is C11H26IN3O3S. The number of halogens is 1. The predicted molar refractivity (Wildman–Crippen MR) is 89.9 cm³/mol. The second-order valence-electron chi connectivity index (χ2n) is 4.71. The number of hydrogen-bond donors (Lipinski definition) is 2. The average Bonchev–Trinajstić information content (AvgIpc) is 2.24. The Kier molecular flexibility index (Phi) is 10.9. The van der Waals surface area contributed by atoms with Crippen molar-refractivity contribution in [3.05, 3.63) is 0 Å². The normalized spacial score (nSPS) is 12.9. The van der Waals surface area contributed by atoms with Crippen LogP contribution in [-0.4, -0.2) is 51.7 Å². The zero-order valence-corrected chi connectivity index (χ0v) is 15.2. The van der Waals surface area contributed by atoms with E-state index in [4.69, 9.17) is 10.5 Å². The van der Waals surface area contributed by atoms with Crippen molar-refractivity contribution < 1.29 is 13.2 Å². The summed E-state index contributed by atoms with van der Waals surface area (Å²) < 4.78 is 27.2. The van der Waals surface area contributed by atoms with Crippen LogP contribution in [0.2, 0.25) is 0 Å². The van der Waals surface area contributed by atoms with Gasteiger partial charge in [-0.05, 0) is 27.2 Å². The monoisotopic (exact) mass is 407 g/mol. The molecular weight excluding hydrogens is 381 g/mol. The van der Waals surface area contributed by atoms with E-state index in [1.165, 1.54) is 6.26 Å². The van der Waals surface area contributed by atoms with Crippen LogP contribution in [-0.2, 0) is 14.6 Å². The van der Waals surface area contributed by atoms with Gasteiger partial charge in [0.15, 0.2) is 15.8 Å². The first-order valence-corrected chi connectivity index (χ1v) is 7.91. The molecule has 3 N–H and O–H groups in total. The number of ether oxygens (including phenoxy) is 1. The number of nitrogens with one attached hydrogen (secondary N) is 1. The molecule has 8 heteroatoms. The van der Waals surface area contributed by atoms with Crippen molar-refractivity contribution in [2.45, 2.75) is 31.9 Å². The smallest absolute Gasteiger partial charge is 0.188 e. The molecule has 0 spiro atoms. The molecule has 6 nitrogen and oxygen atoms in total. The summed E-state index contributed by atoms with van der Waals surface area (Å²) >= 11 is 0. The Morgan fingerprint density at radius 2 is 2.00 bits per heavy atom. The molecule has 0 radical (unpaired) electrons. The van der Waals surface area contributed by atoms with Crippen molar-refractivity contribution in [1.29, 1.82) is 0 Å². The Bertz CT molecular complexity index is 369. The van der Waals surface area contributed by atoms with E-state index in [0.29, 0.717) is 19.8 Å². The summed E-state index contributed by atoms with van der Waals surface area (Å²) in [5.74, 6) is 0.267. The number of rotatable bonds is 8. The molecule has 0 unspecified atom stereocenters. The highest BCUT2D eigenvalue weighted by molar-refractivity contribution is 14.0. The summed E-state index contributed by atoms with van der Waals surface area (Å²) in [6, 6.07) is 0. The third kappa shape index (κ3) is 9.44. The molecule has 0 aromatic heterocycles. The molecule has 0 bridgehead atoms. The summed E-state index contributed by atoms with van der Waals surface area (Å²) in [6.07, 6.45) is 2.04. The lowest BCUT2D eigenvalue weighted by molar-refractivity contribution is 0.145. The van der Waals surface area contributed by atoms with Crippen molar-refractivity contribution in [3.63, 3.8) is 0 Å². The minimum atomic E-state index is -3.14. The number of hydrogen-bond acceptors (Lipinski definition) is 4. The molecule has 0 saturated heterocycles. The molecule has 0 saturated carbocycles. The number of aliphatic imine (C=N–C) groups is 1. The van der Waals surface area contributed by atoms with Crippen LogP contribution in [0.1, 0.15) is 27.2 Å². The second-order valence-corrected chi connectivity index (χ2v) is 7.36. The zero-order valence-electron chi connectivity index (χ0n) is 12.1. The maximum Gasteiger partial charge on any atom is 0.188 e. The lowest BCUT2D eigenvalue weighted by atomic mass is 10.2. The van der Waals surface area contributed by atoms with Gasteiger partial charge in [0.2, 0.25) is 0 Å². The Hall–Kier alpha value is -0.0900. The zero-order chi connectivity index (χ0) is 14.2. The van der Waals surface area contributed by atoms with Gasteiger partial charge in [-0.15, -0.1) is 24.0 Å². The van der Waals surface area contributed by atoms with Gasteiger partial charge in [-0.1, -0.05) is 0 Å². The van der Waals surface area contributed by atoms with E-state index in [-0.39, 0.29) is 36.5 Å². The molecule has 0 amide bonds. The highest BCUT2D eigenvalue weighted by atomic mass is 127. The van der Waals surface area contributed by atoms with E-state index >= 15 is 0 Å². The van der Waals surface area contributed by atoms with Crippen LogP contribution in [0.4, 0.5) is 0 Å². The first-order valence-electron chi connectivity index (χ1n) is 6.02. The van der Waals surface area contributed by atoms with E-state index in [9.17, 15) is 8.42 Å².